The van der Waals surface area contributed by atoms with Gasteiger partial charge in [-0.2, -0.15) is 4.31 Å². The fourth-order valence-electron chi connectivity index (χ4n) is 2.58. The van der Waals surface area contributed by atoms with Gasteiger partial charge in [0.2, 0.25) is 10.0 Å². The van der Waals surface area contributed by atoms with Crippen LogP contribution in [0.3, 0.4) is 0 Å². The van der Waals surface area contributed by atoms with E-state index in [2.05, 4.69) is 0 Å². The van der Waals surface area contributed by atoms with Gasteiger partial charge in [-0.05, 0) is 38.3 Å². The average Bonchev–Trinajstić information content (AvgIpc) is 2.76. The smallest absolute Gasteiger partial charge is 0.243 e. The van der Waals surface area contributed by atoms with Crippen LogP contribution in [0.1, 0.15) is 24.0 Å². The number of sulfonamides is 1. The first-order valence-corrected chi connectivity index (χ1v) is 7.70. The van der Waals surface area contributed by atoms with Crippen molar-refractivity contribution in [2.75, 3.05) is 13.1 Å². The van der Waals surface area contributed by atoms with Crippen molar-refractivity contribution in [1.29, 1.82) is 0 Å². The molecule has 0 spiro atoms. The van der Waals surface area contributed by atoms with E-state index >= 15 is 0 Å². The fraction of sp³-hybridized carbons (Fsp3) is 0.538. The molecule has 0 amide bonds. The van der Waals surface area contributed by atoms with Crippen LogP contribution in [0, 0.1) is 13.8 Å². The van der Waals surface area contributed by atoms with E-state index in [1.807, 2.05) is 26.0 Å². The van der Waals surface area contributed by atoms with Crippen LogP contribution in [0.2, 0.25) is 0 Å². The summed E-state index contributed by atoms with van der Waals surface area (Å²) in [6, 6.07) is 5.40. The SMILES string of the molecule is Cc1ccc(S(=O)(=O)N2CCCC2CN)c(C)c1. The van der Waals surface area contributed by atoms with Gasteiger partial charge in [-0.25, -0.2) is 8.42 Å². The lowest BCUT2D eigenvalue weighted by Crippen LogP contribution is -2.40. The Balaban J connectivity index is 2.42. The molecule has 0 aliphatic carbocycles. The van der Waals surface area contributed by atoms with Crippen LogP contribution < -0.4 is 5.73 Å². The third kappa shape index (κ3) is 2.30. The summed E-state index contributed by atoms with van der Waals surface area (Å²) in [6.45, 7) is 4.77. The molecule has 18 heavy (non-hydrogen) atoms. The zero-order valence-electron chi connectivity index (χ0n) is 10.9. The molecule has 1 saturated heterocycles. The minimum Gasteiger partial charge on any atom is -0.329 e. The lowest BCUT2D eigenvalue weighted by Gasteiger charge is -2.23. The van der Waals surface area contributed by atoms with E-state index in [0.717, 1.165) is 24.0 Å². The van der Waals surface area contributed by atoms with Crippen LogP contribution in [0.25, 0.3) is 0 Å². The molecule has 1 fully saturated rings. The lowest BCUT2D eigenvalue weighted by molar-refractivity contribution is 0.393. The van der Waals surface area contributed by atoms with Gasteiger partial charge in [-0.15, -0.1) is 0 Å². The standard InChI is InChI=1S/C13H20N2O2S/c1-10-5-6-13(11(2)8-10)18(16,17)15-7-3-4-12(15)9-14/h5-6,8,12H,3-4,7,9,14H2,1-2H3. The molecule has 1 aliphatic rings. The molecule has 1 aromatic carbocycles. The van der Waals surface area contributed by atoms with E-state index in [-0.39, 0.29) is 6.04 Å². The van der Waals surface area contributed by atoms with Gasteiger partial charge in [-0.1, -0.05) is 17.7 Å². The molecular formula is C13H20N2O2S. The first-order chi connectivity index (χ1) is 8.46. The maximum atomic E-state index is 12.6. The Morgan fingerprint density at radius 1 is 1.39 bits per heavy atom. The Bertz CT molecular complexity index is 540. The second kappa shape index (κ2) is 4.99. The Morgan fingerprint density at radius 2 is 2.11 bits per heavy atom. The summed E-state index contributed by atoms with van der Waals surface area (Å²) < 4.78 is 26.8. The molecule has 0 radical (unpaired) electrons. The van der Waals surface area contributed by atoms with Crippen LogP contribution in [0.15, 0.2) is 23.1 Å². The molecule has 1 heterocycles. The summed E-state index contributed by atoms with van der Waals surface area (Å²) in [4.78, 5) is 0.411. The largest absolute Gasteiger partial charge is 0.329 e. The number of aryl methyl sites for hydroxylation is 2. The molecule has 1 unspecified atom stereocenters. The van der Waals surface area contributed by atoms with Crippen molar-refractivity contribution in [3.8, 4) is 0 Å². The van der Waals surface area contributed by atoms with Crippen molar-refractivity contribution < 1.29 is 8.42 Å². The van der Waals surface area contributed by atoms with Gasteiger partial charge in [-0.3, -0.25) is 0 Å². The Morgan fingerprint density at radius 3 is 2.72 bits per heavy atom. The molecule has 1 aliphatic heterocycles. The summed E-state index contributed by atoms with van der Waals surface area (Å²) >= 11 is 0. The fourth-order valence-corrected chi connectivity index (χ4v) is 4.49. The van der Waals surface area contributed by atoms with Crippen molar-refractivity contribution >= 4 is 10.0 Å². The van der Waals surface area contributed by atoms with Gasteiger partial charge >= 0.3 is 0 Å². The van der Waals surface area contributed by atoms with Crippen molar-refractivity contribution in [3.05, 3.63) is 29.3 Å². The maximum Gasteiger partial charge on any atom is 0.243 e. The predicted molar refractivity (Wildman–Crippen MR) is 71.9 cm³/mol. The molecule has 0 bridgehead atoms. The topological polar surface area (TPSA) is 63.4 Å². The highest BCUT2D eigenvalue weighted by Gasteiger charge is 2.34. The summed E-state index contributed by atoms with van der Waals surface area (Å²) in [7, 11) is -3.39. The Kier molecular flexibility index (Phi) is 3.75. The van der Waals surface area contributed by atoms with Crippen LogP contribution >= 0.6 is 0 Å². The summed E-state index contributed by atoms with van der Waals surface area (Å²) in [6.07, 6.45) is 1.76. The first kappa shape index (κ1) is 13.5. The lowest BCUT2D eigenvalue weighted by atomic mass is 10.2. The number of hydrogen-bond donors (Lipinski definition) is 1. The van der Waals surface area contributed by atoms with Crippen LogP contribution in [0.4, 0.5) is 0 Å². The number of rotatable bonds is 3. The van der Waals surface area contributed by atoms with E-state index in [4.69, 9.17) is 5.73 Å². The molecular weight excluding hydrogens is 248 g/mol. The monoisotopic (exact) mass is 268 g/mol. The van der Waals surface area contributed by atoms with Gasteiger partial charge in [0.05, 0.1) is 4.90 Å². The van der Waals surface area contributed by atoms with Crippen LogP contribution in [-0.2, 0) is 10.0 Å². The van der Waals surface area contributed by atoms with Crippen molar-refractivity contribution in [1.82, 2.24) is 4.31 Å². The highest BCUT2D eigenvalue weighted by Crippen LogP contribution is 2.27. The Labute approximate surface area is 109 Å². The zero-order chi connectivity index (χ0) is 13.3. The molecule has 2 N–H and O–H groups in total. The van der Waals surface area contributed by atoms with Gasteiger partial charge in [0.25, 0.3) is 0 Å². The average molecular weight is 268 g/mol. The van der Waals surface area contributed by atoms with Crippen molar-refractivity contribution in [3.63, 3.8) is 0 Å². The quantitative estimate of drug-likeness (QED) is 0.901. The summed E-state index contributed by atoms with van der Waals surface area (Å²) in [5, 5.41) is 0. The van der Waals surface area contributed by atoms with E-state index in [9.17, 15) is 8.42 Å². The highest BCUT2D eigenvalue weighted by molar-refractivity contribution is 7.89. The van der Waals surface area contributed by atoms with Crippen LogP contribution in [-0.4, -0.2) is 31.9 Å². The third-order valence-corrected chi connectivity index (χ3v) is 5.62. The summed E-state index contributed by atoms with van der Waals surface area (Å²) in [5.74, 6) is 0. The van der Waals surface area contributed by atoms with E-state index in [1.165, 1.54) is 0 Å². The predicted octanol–water partition coefficient (Wildman–Crippen LogP) is 1.42. The van der Waals surface area contributed by atoms with Gasteiger partial charge in [0.1, 0.15) is 0 Å². The van der Waals surface area contributed by atoms with Crippen molar-refractivity contribution in [2.24, 2.45) is 5.73 Å². The van der Waals surface area contributed by atoms with Gasteiger partial charge in [0.15, 0.2) is 0 Å². The number of benzene rings is 1. The molecule has 1 aromatic rings. The third-order valence-electron chi connectivity index (χ3n) is 3.51. The normalized spacial score (nSPS) is 21.4. The van der Waals surface area contributed by atoms with E-state index in [1.54, 1.807) is 10.4 Å². The minimum atomic E-state index is -3.39. The molecule has 100 valence electrons. The Hall–Kier alpha value is -0.910. The van der Waals surface area contributed by atoms with Gasteiger partial charge < -0.3 is 5.73 Å². The van der Waals surface area contributed by atoms with Gasteiger partial charge in [0, 0.05) is 19.1 Å². The van der Waals surface area contributed by atoms with Crippen molar-refractivity contribution in [2.45, 2.75) is 37.6 Å². The second-order valence-electron chi connectivity index (χ2n) is 4.92. The molecule has 1 atom stereocenters. The zero-order valence-corrected chi connectivity index (χ0v) is 11.7. The van der Waals surface area contributed by atoms with E-state index < -0.39 is 10.0 Å². The van der Waals surface area contributed by atoms with Crippen LogP contribution in [0.5, 0.6) is 0 Å². The molecule has 4 nitrogen and oxygen atoms in total. The maximum absolute atomic E-state index is 12.6. The molecule has 0 saturated carbocycles. The molecule has 2 rings (SSSR count). The first-order valence-electron chi connectivity index (χ1n) is 6.26. The number of hydrogen-bond acceptors (Lipinski definition) is 3. The molecule has 0 aromatic heterocycles. The second-order valence-corrected chi connectivity index (χ2v) is 6.78. The number of nitrogens with two attached hydrogens (primary N) is 1. The highest BCUT2D eigenvalue weighted by atomic mass is 32.2. The van der Waals surface area contributed by atoms with E-state index in [0.29, 0.717) is 18.0 Å². The molecule has 5 heteroatoms. The number of nitrogens with zero attached hydrogens (tertiary/aromatic N) is 1. The summed E-state index contributed by atoms with van der Waals surface area (Å²) in [5.41, 5.74) is 7.53. The minimum absolute atomic E-state index is 0.0456.